The third-order valence-electron chi connectivity index (χ3n) is 5.47. The number of hydrogen-bond donors (Lipinski definition) is 2. The second-order valence-electron chi connectivity index (χ2n) is 7.64. The number of methoxy groups -OCH3 is 1. The van der Waals surface area contributed by atoms with Gasteiger partial charge in [0.05, 0.1) is 12.2 Å². The highest BCUT2D eigenvalue weighted by atomic mass is 16.5. The summed E-state index contributed by atoms with van der Waals surface area (Å²) in [4.78, 5) is 43.2. The van der Waals surface area contributed by atoms with E-state index in [2.05, 4.69) is 10.2 Å². The van der Waals surface area contributed by atoms with Crippen LogP contribution in [0.2, 0.25) is 0 Å². The van der Waals surface area contributed by atoms with E-state index in [4.69, 9.17) is 4.74 Å². The number of piperazine rings is 1. The van der Waals surface area contributed by atoms with Crippen LogP contribution in [0, 0.1) is 0 Å². The van der Waals surface area contributed by atoms with E-state index in [0.717, 1.165) is 0 Å². The Kier molecular flexibility index (Phi) is 7.78. The molecule has 9 nitrogen and oxygen atoms in total. The summed E-state index contributed by atoms with van der Waals surface area (Å²) in [6.07, 6.45) is 0.570. The zero-order valence-electron chi connectivity index (χ0n) is 18.1. The Bertz CT molecular complexity index is 844. The zero-order chi connectivity index (χ0) is 22.4. The van der Waals surface area contributed by atoms with Crippen LogP contribution >= 0.6 is 0 Å². The molecule has 0 bridgehead atoms. The zero-order valence-corrected chi connectivity index (χ0v) is 18.1. The first kappa shape index (κ1) is 22.9. The Labute approximate surface area is 182 Å². The molecule has 0 aliphatic carbocycles. The van der Waals surface area contributed by atoms with E-state index >= 15 is 0 Å². The molecule has 0 atom stereocenters. The summed E-state index contributed by atoms with van der Waals surface area (Å²) in [5.74, 6) is -0.760. The molecule has 1 aromatic carbocycles. The highest BCUT2D eigenvalue weighted by Gasteiger charge is 2.41. The van der Waals surface area contributed by atoms with Gasteiger partial charge < -0.3 is 20.1 Å². The van der Waals surface area contributed by atoms with Gasteiger partial charge in [0, 0.05) is 65.6 Å². The number of anilines is 1. The molecule has 9 heteroatoms. The molecule has 0 saturated carbocycles. The van der Waals surface area contributed by atoms with Crippen molar-refractivity contribution < 1.29 is 24.2 Å². The van der Waals surface area contributed by atoms with Crippen LogP contribution in [0.1, 0.15) is 18.9 Å². The number of nitrogens with zero attached hydrogens (tertiary/aromatic N) is 3. The fraction of sp³-hybridized carbons (Fsp3) is 0.500. The quantitative estimate of drug-likeness (QED) is 0.431. The van der Waals surface area contributed by atoms with Crippen LogP contribution < -0.4 is 5.32 Å². The molecular weight excluding hydrogens is 400 g/mol. The first-order valence-corrected chi connectivity index (χ1v) is 10.5. The molecule has 168 valence electrons. The maximum Gasteiger partial charge on any atom is 0.277 e. The Morgan fingerprint density at radius 3 is 2.32 bits per heavy atom. The van der Waals surface area contributed by atoms with Crippen LogP contribution in [-0.2, 0) is 19.1 Å². The standard InChI is InChI=1S/C22H30N4O5/c1-16(28)23-18-6-4-17(5-7-18)19-20(25-11-9-24(10-12-25)13-14-27)22(30)26(21(19)29)8-3-15-31-2/h4-7,27H,3,8-15H2,1-2H3,(H,23,28). The highest BCUT2D eigenvalue weighted by molar-refractivity contribution is 6.35. The van der Waals surface area contributed by atoms with Crippen LogP contribution in [0.25, 0.3) is 5.57 Å². The van der Waals surface area contributed by atoms with Crippen molar-refractivity contribution in [2.24, 2.45) is 0 Å². The van der Waals surface area contributed by atoms with E-state index < -0.39 is 0 Å². The lowest BCUT2D eigenvalue weighted by Crippen LogP contribution is -2.48. The van der Waals surface area contributed by atoms with Crippen LogP contribution in [0.5, 0.6) is 0 Å². The van der Waals surface area contributed by atoms with Gasteiger partial charge in [-0.3, -0.25) is 24.2 Å². The number of benzene rings is 1. The van der Waals surface area contributed by atoms with Crippen molar-refractivity contribution in [2.45, 2.75) is 13.3 Å². The summed E-state index contributed by atoms with van der Waals surface area (Å²) >= 11 is 0. The Balaban J connectivity index is 1.89. The van der Waals surface area contributed by atoms with E-state index in [1.54, 1.807) is 31.4 Å². The lowest BCUT2D eigenvalue weighted by atomic mass is 10.0. The number of aliphatic hydroxyl groups is 1. The largest absolute Gasteiger partial charge is 0.395 e. The number of imide groups is 1. The average Bonchev–Trinajstić information content (AvgIpc) is 2.99. The van der Waals surface area contributed by atoms with Crippen LogP contribution in [-0.4, -0.2) is 97.1 Å². The summed E-state index contributed by atoms with van der Waals surface area (Å²) in [5.41, 5.74) is 2.10. The van der Waals surface area contributed by atoms with Gasteiger partial charge >= 0.3 is 0 Å². The smallest absolute Gasteiger partial charge is 0.277 e. The SMILES string of the molecule is COCCCN1C(=O)C(c2ccc(NC(C)=O)cc2)=C(N2CCN(CCO)CC2)C1=O. The predicted molar refractivity (Wildman–Crippen MR) is 116 cm³/mol. The molecular formula is C22H30N4O5. The van der Waals surface area contributed by atoms with Crippen molar-refractivity contribution in [2.75, 3.05) is 64.9 Å². The molecule has 2 aliphatic heterocycles. The Morgan fingerprint density at radius 2 is 1.74 bits per heavy atom. The Morgan fingerprint density at radius 1 is 1.06 bits per heavy atom. The number of aliphatic hydroxyl groups excluding tert-OH is 1. The molecule has 31 heavy (non-hydrogen) atoms. The predicted octanol–water partition coefficient (Wildman–Crippen LogP) is 0.371. The number of amides is 3. The van der Waals surface area contributed by atoms with Gasteiger partial charge in [-0.05, 0) is 24.1 Å². The summed E-state index contributed by atoms with van der Waals surface area (Å²) in [6.45, 7) is 5.52. The monoisotopic (exact) mass is 430 g/mol. The van der Waals surface area contributed by atoms with Gasteiger partial charge in [-0.2, -0.15) is 0 Å². The molecule has 2 N–H and O–H groups in total. The van der Waals surface area contributed by atoms with Crippen LogP contribution in [0.3, 0.4) is 0 Å². The van der Waals surface area contributed by atoms with Crippen LogP contribution in [0.4, 0.5) is 5.69 Å². The maximum absolute atomic E-state index is 13.3. The first-order valence-electron chi connectivity index (χ1n) is 10.5. The molecule has 1 aromatic rings. The van der Waals surface area contributed by atoms with Crippen molar-refractivity contribution in [3.05, 3.63) is 35.5 Å². The summed E-state index contributed by atoms with van der Waals surface area (Å²) in [7, 11) is 1.59. The van der Waals surface area contributed by atoms with Crippen molar-refractivity contribution in [3.8, 4) is 0 Å². The lowest BCUT2D eigenvalue weighted by Gasteiger charge is -2.36. The third-order valence-corrected chi connectivity index (χ3v) is 5.47. The molecule has 1 fully saturated rings. The summed E-state index contributed by atoms with van der Waals surface area (Å²) < 4.78 is 5.07. The molecule has 0 aromatic heterocycles. The summed E-state index contributed by atoms with van der Waals surface area (Å²) in [5, 5.41) is 11.9. The first-order chi connectivity index (χ1) is 15.0. The number of hydrogen-bond acceptors (Lipinski definition) is 7. The second kappa shape index (κ2) is 10.5. The van der Waals surface area contributed by atoms with Crippen molar-refractivity contribution in [1.29, 1.82) is 0 Å². The van der Waals surface area contributed by atoms with Gasteiger partial charge in [0.25, 0.3) is 11.8 Å². The fourth-order valence-electron chi connectivity index (χ4n) is 3.95. The number of carbonyl (C=O) groups excluding carboxylic acids is 3. The van der Waals surface area contributed by atoms with Gasteiger partial charge in [0.1, 0.15) is 5.70 Å². The van der Waals surface area contributed by atoms with Gasteiger partial charge in [-0.15, -0.1) is 0 Å². The number of rotatable bonds is 9. The normalized spacial score (nSPS) is 17.6. The summed E-state index contributed by atoms with van der Waals surface area (Å²) in [6, 6.07) is 6.97. The van der Waals surface area contributed by atoms with E-state index in [1.165, 1.54) is 11.8 Å². The minimum atomic E-state index is -0.304. The molecule has 2 aliphatic rings. The van der Waals surface area contributed by atoms with E-state index in [9.17, 15) is 19.5 Å². The van der Waals surface area contributed by atoms with Crippen LogP contribution in [0.15, 0.2) is 30.0 Å². The minimum Gasteiger partial charge on any atom is -0.395 e. The van der Waals surface area contributed by atoms with Crippen molar-refractivity contribution >= 4 is 29.0 Å². The molecule has 1 saturated heterocycles. The minimum absolute atomic E-state index is 0.0965. The van der Waals surface area contributed by atoms with Gasteiger partial charge in [0.2, 0.25) is 5.91 Å². The number of carbonyl (C=O) groups is 3. The molecule has 2 heterocycles. The topological polar surface area (TPSA) is 102 Å². The molecule has 0 spiro atoms. The van der Waals surface area contributed by atoms with E-state index in [-0.39, 0.29) is 24.3 Å². The Hall–Kier alpha value is -2.75. The maximum atomic E-state index is 13.3. The second-order valence-corrected chi connectivity index (χ2v) is 7.64. The molecule has 3 rings (SSSR count). The molecule has 0 radical (unpaired) electrons. The lowest BCUT2D eigenvalue weighted by molar-refractivity contribution is -0.137. The number of β-amino-alcohol motifs (C(OH)–C–C–N with tert-alkyl or cyclic N) is 1. The van der Waals surface area contributed by atoms with Crippen molar-refractivity contribution in [3.63, 3.8) is 0 Å². The van der Waals surface area contributed by atoms with Gasteiger partial charge in [0.15, 0.2) is 0 Å². The number of ether oxygens (including phenoxy) is 1. The fourth-order valence-corrected chi connectivity index (χ4v) is 3.95. The average molecular weight is 431 g/mol. The number of nitrogens with one attached hydrogen (secondary N) is 1. The van der Waals surface area contributed by atoms with E-state index in [1.807, 2.05) is 4.90 Å². The molecule has 0 unspecified atom stereocenters. The molecule has 3 amide bonds. The van der Waals surface area contributed by atoms with Gasteiger partial charge in [-0.25, -0.2) is 0 Å². The third kappa shape index (κ3) is 5.30. The van der Waals surface area contributed by atoms with E-state index in [0.29, 0.717) is 74.8 Å². The van der Waals surface area contributed by atoms with Gasteiger partial charge in [-0.1, -0.05) is 12.1 Å². The highest BCUT2D eigenvalue weighted by Crippen LogP contribution is 2.33. The van der Waals surface area contributed by atoms with Crippen molar-refractivity contribution in [1.82, 2.24) is 14.7 Å².